The minimum absolute atomic E-state index is 0. The van der Waals surface area contributed by atoms with Crippen molar-refractivity contribution in [2.45, 2.75) is 39.7 Å². The highest BCUT2D eigenvalue weighted by Gasteiger charge is 2.28. The van der Waals surface area contributed by atoms with Crippen LogP contribution in [0.4, 0.5) is 0 Å². The van der Waals surface area contributed by atoms with Crippen molar-refractivity contribution in [1.29, 1.82) is 0 Å². The van der Waals surface area contributed by atoms with Crippen molar-refractivity contribution in [2.75, 3.05) is 32.4 Å². The molecule has 26 heavy (non-hydrogen) atoms. The van der Waals surface area contributed by atoms with Crippen LogP contribution < -0.4 is 10.6 Å². The van der Waals surface area contributed by atoms with Crippen molar-refractivity contribution in [1.82, 2.24) is 19.9 Å². The fourth-order valence-corrected chi connectivity index (χ4v) is 4.45. The lowest BCUT2D eigenvalue weighted by Gasteiger charge is -2.16. The van der Waals surface area contributed by atoms with E-state index in [0.29, 0.717) is 38.0 Å². The molecule has 1 aliphatic heterocycles. The lowest BCUT2D eigenvalue weighted by Crippen LogP contribution is -2.40. The van der Waals surface area contributed by atoms with Crippen LogP contribution in [0.5, 0.6) is 0 Å². The number of nitrogens with zero attached hydrogens (tertiary/aromatic N) is 3. The van der Waals surface area contributed by atoms with Gasteiger partial charge in [0.25, 0.3) is 0 Å². The zero-order valence-electron chi connectivity index (χ0n) is 15.9. The smallest absolute Gasteiger partial charge is 0.211 e. The largest absolute Gasteiger partial charge is 0.357 e. The summed E-state index contributed by atoms with van der Waals surface area (Å²) in [5.41, 5.74) is 1.11. The SMILES string of the molecule is CCNC(=NCc1nc(C(C)C)cs1)NCC1CCN(S(C)(=O)=O)C1.I. The van der Waals surface area contributed by atoms with E-state index >= 15 is 0 Å². The molecule has 1 aromatic heterocycles. The number of nitrogens with one attached hydrogen (secondary N) is 2. The molecule has 1 unspecified atom stereocenters. The summed E-state index contributed by atoms with van der Waals surface area (Å²) in [6, 6.07) is 0. The molecule has 1 aliphatic rings. The number of rotatable bonds is 7. The Kier molecular flexibility index (Phi) is 9.76. The van der Waals surface area contributed by atoms with E-state index in [1.165, 1.54) is 6.26 Å². The predicted molar refractivity (Wildman–Crippen MR) is 119 cm³/mol. The monoisotopic (exact) mass is 515 g/mol. The first-order valence-corrected chi connectivity index (χ1v) is 11.4. The number of sulfonamides is 1. The first kappa shape index (κ1) is 23.6. The van der Waals surface area contributed by atoms with Crippen molar-refractivity contribution in [2.24, 2.45) is 10.9 Å². The van der Waals surface area contributed by atoms with Crippen LogP contribution in [-0.4, -0.2) is 56.1 Å². The Morgan fingerprint density at radius 2 is 2.19 bits per heavy atom. The molecule has 2 N–H and O–H groups in total. The normalized spacial score (nSPS) is 18.8. The van der Waals surface area contributed by atoms with Crippen LogP contribution in [0.2, 0.25) is 0 Å². The second-order valence-electron chi connectivity index (χ2n) is 6.67. The average molecular weight is 515 g/mol. The molecule has 1 fully saturated rings. The lowest BCUT2D eigenvalue weighted by molar-refractivity contribution is 0.459. The molecule has 7 nitrogen and oxygen atoms in total. The fourth-order valence-electron chi connectivity index (χ4n) is 2.66. The summed E-state index contributed by atoms with van der Waals surface area (Å²) in [4.78, 5) is 9.19. The molecule has 1 atom stereocenters. The third kappa shape index (κ3) is 7.28. The van der Waals surface area contributed by atoms with E-state index in [9.17, 15) is 8.42 Å². The Hall–Kier alpha value is -0.460. The Morgan fingerprint density at radius 1 is 1.46 bits per heavy atom. The number of aliphatic imine (C=N–C) groups is 1. The van der Waals surface area contributed by atoms with Crippen LogP contribution in [0.25, 0.3) is 0 Å². The van der Waals surface area contributed by atoms with Crippen LogP contribution in [0, 0.1) is 5.92 Å². The van der Waals surface area contributed by atoms with Crippen molar-refractivity contribution >= 4 is 51.3 Å². The van der Waals surface area contributed by atoms with Crippen molar-refractivity contribution in [3.8, 4) is 0 Å². The number of halogens is 1. The molecule has 0 aliphatic carbocycles. The van der Waals surface area contributed by atoms with Gasteiger partial charge in [0, 0.05) is 31.6 Å². The minimum atomic E-state index is -3.08. The summed E-state index contributed by atoms with van der Waals surface area (Å²) < 4.78 is 24.7. The van der Waals surface area contributed by atoms with Gasteiger partial charge in [0.15, 0.2) is 5.96 Å². The van der Waals surface area contributed by atoms with Gasteiger partial charge in [-0.25, -0.2) is 22.7 Å². The summed E-state index contributed by atoms with van der Waals surface area (Å²) in [5, 5.41) is 9.66. The fraction of sp³-hybridized carbons (Fsp3) is 0.750. The zero-order valence-corrected chi connectivity index (χ0v) is 19.8. The number of thiazole rings is 1. The molecule has 0 bridgehead atoms. The Labute approximate surface area is 178 Å². The lowest BCUT2D eigenvalue weighted by atomic mass is 10.1. The molecule has 0 spiro atoms. The molecule has 0 aromatic carbocycles. The van der Waals surface area contributed by atoms with Gasteiger partial charge in [0.05, 0.1) is 18.5 Å². The van der Waals surface area contributed by atoms with Gasteiger partial charge in [0.2, 0.25) is 10.0 Å². The van der Waals surface area contributed by atoms with Gasteiger partial charge in [-0.05, 0) is 25.2 Å². The van der Waals surface area contributed by atoms with Gasteiger partial charge in [-0.2, -0.15) is 0 Å². The van der Waals surface area contributed by atoms with Crippen molar-refractivity contribution in [3.05, 3.63) is 16.1 Å². The van der Waals surface area contributed by atoms with E-state index in [4.69, 9.17) is 0 Å². The number of hydrogen-bond donors (Lipinski definition) is 2. The molecule has 1 saturated heterocycles. The Bertz CT molecular complexity index is 691. The number of guanidine groups is 1. The van der Waals surface area contributed by atoms with Gasteiger partial charge in [-0.15, -0.1) is 35.3 Å². The topological polar surface area (TPSA) is 86.7 Å². The van der Waals surface area contributed by atoms with Gasteiger partial charge in [-0.1, -0.05) is 13.8 Å². The summed E-state index contributed by atoms with van der Waals surface area (Å²) in [7, 11) is -3.08. The van der Waals surface area contributed by atoms with Gasteiger partial charge in [0.1, 0.15) is 5.01 Å². The third-order valence-corrected chi connectivity index (χ3v) is 6.27. The standard InChI is InChI=1S/C16H29N5O2S2.HI/c1-5-17-16(19-9-15-20-14(11-24-15)12(2)3)18-8-13-6-7-21(10-13)25(4,22)23;/h11-13H,5-10H2,1-4H3,(H2,17,18,19);1H. The second-order valence-corrected chi connectivity index (χ2v) is 9.60. The molecule has 1 aromatic rings. The molecule has 0 amide bonds. The van der Waals surface area contributed by atoms with Crippen LogP contribution >= 0.6 is 35.3 Å². The maximum atomic E-state index is 11.6. The maximum Gasteiger partial charge on any atom is 0.211 e. The van der Waals surface area contributed by atoms with E-state index in [2.05, 4.69) is 39.8 Å². The van der Waals surface area contributed by atoms with Crippen molar-refractivity contribution in [3.63, 3.8) is 0 Å². The van der Waals surface area contributed by atoms with E-state index in [1.807, 2.05) is 6.92 Å². The predicted octanol–water partition coefficient (Wildman–Crippen LogP) is 2.22. The van der Waals surface area contributed by atoms with Gasteiger partial charge in [-0.3, -0.25) is 0 Å². The van der Waals surface area contributed by atoms with Gasteiger partial charge < -0.3 is 10.6 Å². The van der Waals surface area contributed by atoms with E-state index in [-0.39, 0.29) is 24.0 Å². The summed E-state index contributed by atoms with van der Waals surface area (Å²) in [6.45, 7) is 9.52. The minimum Gasteiger partial charge on any atom is -0.357 e. The van der Waals surface area contributed by atoms with Crippen molar-refractivity contribution < 1.29 is 8.42 Å². The molecule has 0 saturated carbocycles. The number of aromatic nitrogens is 1. The van der Waals surface area contributed by atoms with E-state index in [0.717, 1.165) is 29.6 Å². The van der Waals surface area contributed by atoms with Gasteiger partial charge >= 0.3 is 0 Å². The van der Waals surface area contributed by atoms with E-state index < -0.39 is 10.0 Å². The molecule has 10 heteroatoms. The first-order chi connectivity index (χ1) is 11.8. The summed E-state index contributed by atoms with van der Waals surface area (Å²) >= 11 is 1.64. The molecular formula is C16H30IN5O2S2. The average Bonchev–Trinajstić information content (AvgIpc) is 3.18. The summed E-state index contributed by atoms with van der Waals surface area (Å²) in [6.07, 6.45) is 2.15. The second kappa shape index (κ2) is 10.8. The first-order valence-electron chi connectivity index (χ1n) is 8.71. The third-order valence-electron chi connectivity index (χ3n) is 4.15. The molecule has 2 heterocycles. The Morgan fingerprint density at radius 3 is 2.73 bits per heavy atom. The molecular weight excluding hydrogens is 485 g/mol. The van der Waals surface area contributed by atoms with E-state index in [1.54, 1.807) is 15.6 Å². The summed E-state index contributed by atoms with van der Waals surface area (Å²) in [5.74, 6) is 1.49. The quantitative estimate of drug-likeness (QED) is 0.331. The molecule has 150 valence electrons. The van der Waals surface area contributed by atoms with Crippen LogP contribution in [0.15, 0.2) is 10.4 Å². The van der Waals surface area contributed by atoms with Crippen LogP contribution in [-0.2, 0) is 16.6 Å². The number of hydrogen-bond acceptors (Lipinski definition) is 5. The Balaban J connectivity index is 0.00000338. The highest BCUT2D eigenvalue weighted by atomic mass is 127. The molecule has 2 rings (SSSR count). The highest BCUT2D eigenvalue weighted by molar-refractivity contribution is 14.0. The molecule has 0 radical (unpaired) electrons. The van der Waals surface area contributed by atoms with Crippen LogP contribution in [0.1, 0.15) is 43.8 Å². The van der Waals surface area contributed by atoms with Crippen LogP contribution in [0.3, 0.4) is 0 Å². The maximum absolute atomic E-state index is 11.6. The zero-order chi connectivity index (χ0) is 18.4. The highest BCUT2D eigenvalue weighted by Crippen LogP contribution is 2.19.